The molecule has 0 aliphatic rings. The molecule has 1 aromatic carbocycles. The van der Waals surface area contributed by atoms with Crippen molar-refractivity contribution in [3.63, 3.8) is 0 Å². The highest BCUT2D eigenvalue weighted by molar-refractivity contribution is 5.87. The Morgan fingerprint density at radius 1 is 0.759 bits per heavy atom. The van der Waals surface area contributed by atoms with E-state index in [0.717, 1.165) is 31.5 Å². The molecule has 0 saturated heterocycles. The summed E-state index contributed by atoms with van der Waals surface area (Å²) in [4.78, 5) is 21.8. The Morgan fingerprint density at radius 2 is 1.21 bits per heavy atom. The van der Waals surface area contributed by atoms with E-state index >= 15 is 0 Å². The Hall–Kier alpha value is -2.04. The molecule has 0 spiro atoms. The third-order valence-electron chi connectivity index (χ3n) is 5.25. The molecule has 1 rings (SSSR count). The lowest BCUT2D eigenvalue weighted by Gasteiger charge is -2.07. The lowest BCUT2D eigenvalue weighted by molar-refractivity contribution is -0.140. The van der Waals surface area contributed by atoms with Gasteiger partial charge in [0.05, 0.1) is 12.7 Å². The van der Waals surface area contributed by atoms with Crippen molar-refractivity contribution in [2.75, 3.05) is 19.0 Å². The van der Waals surface area contributed by atoms with Gasteiger partial charge < -0.3 is 15.2 Å². The number of hydrogen-bond donors (Lipinski definition) is 2. The maximum atomic E-state index is 11.0. The van der Waals surface area contributed by atoms with Gasteiger partial charge in [0.2, 0.25) is 0 Å². The van der Waals surface area contributed by atoms with Crippen molar-refractivity contribution in [1.82, 2.24) is 0 Å². The number of carboxylic acids is 1. The van der Waals surface area contributed by atoms with Crippen LogP contribution in [0.1, 0.15) is 100 Å². The predicted molar refractivity (Wildman–Crippen MR) is 119 cm³/mol. The zero-order chi connectivity index (χ0) is 21.2. The molecule has 0 unspecified atom stereocenters. The van der Waals surface area contributed by atoms with Crippen LogP contribution in [0.5, 0.6) is 0 Å². The number of anilines is 1. The minimum atomic E-state index is -0.885. The molecule has 0 aliphatic carbocycles. The van der Waals surface area contributed by atoms with E-state index < -0.39 is 5.97 Å². The largest absolute Gasteiger partial charge is 0.478 e. The average molecular weight is 406 g/mol. The molecule has 0 aromatic heterocycles. The summed E-state index contributed by atoms with van der Waals surface area (Å²) in [5, 5.41) is 12.2. The van der Waals surface area contributed by atoms with Gasteiger partial charge in [0.15, 0.2) is 0 Å². The first-order valence-electron chi connectivity index (χ1n) is 11.3. The quantitative estimate of drug-likeness (QED) is 0.217. The Balaban J connectivity index is 1.80. The maximum absolute atomic E-state index is 11.0. The van der Waals surface area contributed by atoms with E-state index in [9.17, 15) is 9.59 Å². The van der Waals surface area contributed by atoms with Crippen LogP contribution in [0.3, 0.4) is 0 Å². The minimum absolute atomic E-state index is 0.0893. The van der Waals surface area contributed by atoms with Crippen molar-refractivity contribution in [3.8, 4) is 0 Å². The lowest BCUT2D eigenvalue weighted by atomic mass is 10.0. The van der Waals surface area contributed by atoms with Gasteiger partial charge >= 0.3 is 11.9 Å². The molecule has 5 heteroatoms. The highest BCUT2D eigenvalue weighted by Gasteiger charge is 2.01. The van der Waals surface area contributed by atoms with Crippen molar-refractivity contribution in [3.05, 3.63) is 29.8 Å². The Labute approximate surface area is 176 Å². The first-order chi connectivity index (χ1) is 14.1. The number of ether oxygens (including phenoxy) is 1. The summed E-state index contributed by atoms with van der Waals surface area (Å²) in [6, 6.07) is 6.92. The number of aromatic carboxylic acids is 1. The molecule has 29 heavy (non-hydrogen) atoms. The van der Waals surface area contributed by atoms with E-state index in [0.29, 0.717) is 12.0 Å². The highest BCUT2D eigenvalue weighted by atomic mass is 16.5. The molecule has 1 aromatic rings. The highest BCUT2D eigenvalue weighted by Crippen LogP contribution is 2.14. The number of methoxy groups -OCH3 is 1. The number of carbonyl (C=O) groups is 2. The smallest absolute Gasteiger partial charge is 0.335 e. The monoisotopic (exact) mass is 405 g/mol. The average Bonchev–Trinajstić information content (AvgIpc) is 2.73. The molecule has 2 N–H and O–H groups in total. The van der Waals surface area contributed by atoms with E-state index in [1.807, 2.05) is 12.1 Å². The Morgan fingerprint density at radius 3 is 1.66 bits per heavy atom. The van der Waals surface area contributed by atoms with Crippen LogP contribution in [0.25, 0.3) is 0 Å². The molecule has 0 saturated carbocycles. The summed E-state index contributed by atoms with van der Waals surface area (Å²) in [6.45, 7) is 0.937. The van der Waals surface area contributed by atoms with E-state index in [4.69, 9.17) is 5.11 Å². The van der Waals surface area contributed by atoms with Gasteiger partial charge in [-0.05, 0) is 37.1 Å². The number of unbranched alkanes of at least 4 members (excludes halogenated alkanes) is 12. The second-order valence-corrected chi connectivity index (χ2v) is 7.73. The summed E-state index contributed by atoms with van der Waals surface area (Å²) in [5.41, 5.74) is 1.31. The van der Waals surface area contributed by atoms with Gasteiger partial charge in [0, 0.05) is 18.7 Å². The fourth-order valence-corrected chi connectivity index (χ4v) is 3.40. The van der Waals surface area contributed by atoms with Crippen LogP contribution in [0, 0.1) is 0 Å². The molecule has 164 valence electrons. The van der Waals surface area contributed by atoms with Gasteiger partial charge in [-0.3, -0.25) is 4.79 Å². The minimum Gasteiger partial charge on any atom is -0.478 e. The van der Waals surface area contributed by atoms with Crippen LogP contribution in [0.15, 0.2) is 24.3 Å². The van der Waals surface area contributed by atoms with Crippen LogP contribution in [0.2, 0.25) is 0 Å². The lowest BCUT2D eigenvalue weighted by Crippen LogP contribution is -2.02. The van der Waals surface area contributed by atoms with E-state index in [-0.39, 0.29) is 5.97 Å². The summed E-state index contributed by atoms with van der Waals surface area (Å²) in [6.07, 6.45) is 16.9. The fraction of sp³-hybridized carbons (Fsp3) is 0.667. The molecule has 0 heterocycles. The number of carboxylic acid groups (broad SMARTS) is 1. The summed E-state index contributed by atoms with van der Waals surface area (Å²) in [7, 11) is 1.45. The first-order valence-corrected chi connectivity index (χ1v) is 11.3. The first kappa shape index (κ1) is 25.0. The predicted octanol–water partition coefficient (Wildman–Crippen LogP) is 6.43. The number of hydrogen-bond acceptors (Lipinski definition) is 4. The normalized spacial score (nSPS) is 10.7. The third kappa shape index (κ3) is 13.7. The molecular weight excluding hydrogens is 366 g/mol. The molecule has 0 fully saturated rings. The SMILES string of the molecule is COC(=O)CCCCCCCCCCCCCCCNc1ccc(C(=O)O)cc1. The van der Waals surface area contributed by atoms with Crippen molar-refractivity contribution < 1.29 is 19.4 Å². The molecule has 0 amide bonds. The van der Waals surface area contributed by atoms with Crippen LogP contribution in [-0.2, 0) is 9.53 Å². The molecule has 0 aliphatic heterocycles. The van der Waals surface area contributed by atoms with E-state index in [2.05, 4.69) is 10.1 Å². The maximum Gasteiger partial charge on any atom is 0.335 e. The molecular formula is C24H39NO4. The topological polar surface area (TPSA) is 75.6 Å². The number of nitrogens with one attached hydrogen (secondary N) is 1. The van der Waals surface area contributed by atoms with Crippen LogP contribution >= 0.6 is 0 Å². The zero-order valence-electron chi connectivity index (χ0n) is 18.1. The van der Waals surface area contributed by atoms with Gasteiger partial charge in [-0.25, -0.2) is 4.79 Å². The summed E-state index contributed by atoms with van der Waals surface area (Å²) >= 11 is 0. The molecule has 0 atom stereocenters. The third-order valence-corrected chi connectivity index (χ3v) is 5.25. The van der Waals surface area contributed by atoms with Gasteiger partial charge in [-0.1, -0.05) is 70.6 Å². The fourth-order valence-electron chi connectivity index (χ4n) is 3.40. The van der Waals surface area contributed by atoms with Gasteiger partial charge in [-0.2, -0.15) is 0 Å². The number of benzene rings is 1. The summed E-state index contributed by atoms with van der Waals surface area (Å²) in [5.74, 6) is -0.974. The van der Waals surface area contributed by atoms with Crippen molar-refractivity contribution in [2.24, 2.45) is 0 Å². The molecule has 0 radical (unpaired) electrons. The second-order valence-electron chi connectivity index (χ2n) is 7.73. The standard InChI is InChI=1S/C24H39NO4/c1-29-23(26)15-13-11-9-7-5-3-2-4-6-8-10-12-14-20-25-22-18-16-21(17-19-22)24(27)28/h16-19,25H,2-15,20H2,1H3,(H,27,28). The molecule has 0 bridgehead atoms. The van der Waals surface area contributed by atoms with Crippen LogP contribution in [0.4, 0.5) is 5.69 Å². The van der Waals surface area contributed by atoms with Gasteiger partial charge in [-0.15, -0.1) is 0 Å². The van der Waals surface area contributed by atoms with Crippen LogP contribution in [-0.4, -0.2) is 30.7 Å². The number of esters is 1. The van der Waals surface area contributed by atoms with Crippen LogP contribution < -0.4 is 5.32 Å². The van der Waals surface area contributed by atoms with Crippen molar-refractivity contribution in [1.29, 1.82) is 0 Å². The number of carbonyl (C=O) groups excluding carboxylic acids is 1. The van der Waals surface area contributed by atoms with E-state index in [1.165, 1.54) is 71.3 Å². The Bertz CT molecular complexity index is 557. The van der Waals surface area contributed by atoms with E-state index in [1.54, 1.807) is 12.1 Å². The Kier molecular flexibility index (Phi) is 14.5. The van der Waals surface area contributed by atoms with Gasteiger partial charge in [0.25, 0.3) is 0 Å². The summed E-state index contributed by atoms with van der Waals surface area (Å²) < 4.78 is 4.64. The second kappa shape index (κ2) is 16.9. The number of rotatable bonds is 18. The van der Waals surface area contributed by atoms with Crippen molar-refractivity contribution in [2.45, 2.75) is 89.9 Å². The van der Waals surface area contributed by atoms with Gasteiger partial charge in [0.1, 0.15) is 0 Å². The van der Waals surface area contributed by atoms with Crippen molar-refractivity contribution >= 4 is 17.6 Å². The zero-order valence-corrected chi connectivity index (χ0v) is 18.1. The molecule has 5 nitrogen and oxygen atoms in total.